The Morgan fingerprint density at radius 2 is 1.86 bits per heavy atom. The summed E-state index contributed by atoms with van der Waals surface area (Å²) in [7, 11) is 1.57. The number of para-hydroxylation sites is 3. The van der Waals surface area contributed by atoms with Gasteiger partial charge in [-0.1, -0.05) is 30.3 Å². The number of methoxy groups -OCH3 is 1. The highest BCUT2D eigenvalue weighted by atomic mass is 16.5. The molecule has 6 heteroatoms. The molecule has 0 radical (unpaired) electrons. The third-order valence-corrected chi connectivity index (χ3v) is 5.17. The lowest BCUT2D eigenvalue weighted by Gasteiger charge is -2.25. The standard InChI is InChI=1S/C22H27N3O3/c1-4-24(14-21(26)23-18-10-6-8-12-20(18)28-3)15-22(27)25-16(2)13-17-9-5-7-11-19(17)25/h5-12,16H,4,13-15H2,1-3H3,(H,23,26)/p+1/t16-/m0/s1. The fourth-order valence-electron chi connectivity index (χ4n) is 3.73. The average molecular weight is 382 g/mol. The van der Waals surface area contributed by atoms with Crippen LogP contribution < -0.4 is 19.9 Å². The van der Waals surface area contributed by atoms with E-state index in [9.17, 15) is 9.59 Å². The fourth-order valence-corrected chi connectivity index (χ4v) is 3.73. The molecule has 2 aromatic carbocycles. The summed E-state index contributed by atoms with van der Waals surface area (Å²) in [5, 5.41) is 2.88. The van der Waals surface area contributed by atoms with Gasteiger partial charge in [0, 0.05) is 11.7 Å². The highest BCUT2D eigenvalue weighted by Crippen LogP contribution is 2.31. The van der Waals surface area contributed by atoms with Crippen LogP contribution in [0.15, 0.2) is 48.5 Å². The molecular formula is C22H28N3O3+. The minimum atomic E-state index is -0.135. The summed E-state index contributed by atoms with van der Waals surface area (Å²) in [6.45, 7) is 5.26. The predicted molar refractivity (Wildman–Crippen MR) is 110 cm³/mol. The van der Waals surface area contributed by atoms with E-state index in [1.807, 2.05) is 42.2 Å². The number of quaternary nitrogens is 1. The van der Waals surface area contributed by atoms with E-state index >= 15 is 0 Å². The van der Waals surface area contributed by atoms with Gasteiger partial charge in [-0.2, -0.15) is 0 Å². The number of likely N-dealkylation sites (N-methyl/N-ethyl adjacent to an activating group) is 1. The number of benzene rings is 2. The summed E-state index contributed by atoms with van der Waals surface area (Å²) in [6, 6.07) is 15.5. The number of hydrogen-bond donors (Lipinski definition) is 2. The Balaban J connectivity index is 1.62. The fraction of sp³-hybridized carbons (Fsp3) is 0.364. The quantitative estimate of drug-likeness (QED) is 0.763. The predicted octanol–water partition coefficient (Wildman–Crippen LogP) is 1.52. The van der Waals surface area contributed by atoms with Crippen molar-refractivity contribution in [3.8, 4) is 5.75 Å². The third kappa shape index (κ3) is 4.34. The van der Waals surface area contributed by atoms with Gasteiger partial charge in [0.25, 0.3) is 11.8 Å². The van der Waals surface area contributed by atoms with Gasteiger partial charge in [0.05, 0.1) is 19.3 Å². The number of nitrogens with zero attached hydrogens (tertiary/aromatic N) is 1. The lowest BCUT2D eigenvalue weighted by molar-refractivity contribution is -0.881. The lowest BCUT2D eigenvalue weighted by atomic mass is 10.1. The second-order valence-electron chi connectivity index (χ2n) is 7.15. The molecule has 1 aliphatic rings. The van der Waals surface area contributed by atoms with Crippen molar-refractivity contribution in [1.29, 1.82) is 0 Å². The molecule has 1 aliphatic heterocycles. The maximum Gasteiger partial charge on any atom is 0.282 e. The van der Waals surface area contributed by atoms with Gasteiger partial charge in [0.15, 0.2) is 13.1 Å². The summed E-state index contributed by atoms with van der Waals surface area (Å²) >= 11 is 0. The van der Waals surface area contributed by atoms with Gasteiger partial charge in [-0.05, 0) is 44.0 Å². The van der Waals surface area contributed by atoms with Crippen molar-refractivity contribution in [1.82, 2.24) is 0 Å². The molecule has 6 nitrogen and oxygen atoms in total. The Labute approximate surface area is 166 Å². The van der Waals surface area contributed by atoms with Crippen molar-refractivity contribution in [3.63, 3.8) is 0 Å². The second-order valence-corrected chi connectivity index (χ2v) is 7.15. The highest BCUT2D eigenvalue weighted by Gasteiger charge is 2.32. The van der Waals surface area contributed by atoms with E-state index < -0.39 is 0 Å². The maximum absolute atomic E-state index is 13.0. The maximum atomic E-state index is 13.0. The minimum absolute atomic E-state index is 0.0550. The van der Waals surface area contributed by atoms with E-state index in [4.69, 9.17) is 4.74 Å². The number of nitrogens with one attached hydrogen (secondary N) is 2. The van der Waals surface area contributed by atoms with Gasteiger partial charge in [-0.15, -0.1) is 0 Å². The van der Waals surface area contributed by atoms with E-state index in [1.54, 1.807) is 19.2 Å². The number of fused-ring (bicyclic) bond motifs is 1. The molecular weight excluding hydrogens is 354 g/mol. The number of carbonyl (C=O) groups excluding carboxylic acids is 2. The van der Waals surface area contributed by atoms with Crippen LogP contribution in [0.25, 0.3) is 0 Å². The molecule has 0 fully saturated rings. The van der Waals surface area contributed by atoms with E-state index in [-0.39, 0.29) is 30.9 Å². The van der Waals surface area contributed by atoms with Crippen molar-refractivity contribution in [2.45, 2.75) is 26.3 Å². The molecule has 0 aromatic heterocycles. The van der Waals surface area contributed by atoms with Crippen LogP contribution in [0.4, 0.5) is 11.4 Å². The molecule has 1 unspecified atom stereocenters. The largest absolute Gasteiger partial charge is 0.495 e. The van der Waals surface area contributed by atoms with Crippen LogP contribution in [0.3, 0.4) is 0 Å². The van der Waals surface area contributed by atoms with Crippen molar-refractivity contribution in [3.05, 3.63) is 54.1 Å². The molecule has 1 heterocycles. The first-order valence-corrected chi connectivity index (χ1v) is 9.69. The molecule has 3 rings (SSSR count). The zero-order chi connectivity index (χ0) is 20.1. The summed E-state index contributed by atoms with van der Waals surface area (Å²) in [4.78, 5) is 28.3. The van der Waals surface area contributed by atoms with Crippen LogP contribution in [-0.4, -0.2) is 44.6 Å². The van der Waals surface area contributed by atoms with Crippen LogP contribution in [0.5, 0.6) is 5.75 Å². The van der Waals surface area contributed by atoms with Gasteiger partial charge in [-0.3, -0.25) is 9.59 Å². The van der Waals surface area contributed by atoms with Crippen LogP contribution in [-0.2, 0) is 16.0 Å². The van der Waals surface area contributed by atoms with Crippen molar-refractivity contribution < 1.29 is 19.2 Å². The molecule has 0 bridgehead atoms. The lowest BCUT2D eigenvalue weighted by Crippen LogP contribution is -3.14. The Morgan fingerprint density at radius 3 is 2.61 bits per heavy atom. The summed E-state index contributed by atoms with van der Waals surface area (Å²) in [5.41, 5.74) is 2.84. The summed E-state index contributed by atoms with van der Waals surface area (Å²) in [5.74, 6) is 0.538. The van der Waals surface area contributed by atoms with E-state index in [0.717, 1.165) is 17.0 Å². The molecule has 0 saturated carbocycles. The Kier molecular flexibility index (Phi) is 6.31. The van der Waals surface area contributed by atoms with Crippen LogP contribution in [0.2, 0.25) is 0 Å². The number of anilines is 2. The van der Waals surface area contributed by atoms with Gasteiger partial charge < -0.3 is 19.9 Å². The van der Waals surface area contributed by atoms with Crippen LogP contribution in [0, 0.1) is 0 Å². The Hall–Kier alpha value is -2.86. The van der Waals surface area contributed by atoms with E-state index in [1.165, 1.54) is 5.56 Å². The van der Waals surface area contributed by atoms with Crippen molar-refractivity contribution in [2.24, 2.45) is 0 Å². The Bertz CT molecular complexity index is 852. The van der Waals surface area contributed by atoms with E-state index in [2.05, 4.69) is 18.3 Å². The smallest absolute Gasteiger partial charge is 0.282 e. The first-order valence-electron chi connectivity index (χ1n) is 9.69. The first kappa shape index (κ1) is 19.9. The average Bonchev–Trinajstić information content (AvgIpc) is 3.03. The third-order valence-electron chi connectivity index (χ3n) is 5.17. The number of ether oxygens (including phenoxy) is 1. The zero-order valence-electron chi connectivity index (χ0n) is 16.7. The second kappa shape index (κ2) is 8.89. The van der Waals surface area contributed by atoms with Gasteiger partial charge in [-0.25, -0.2) is 0 Å². The van der Waals surface area contributed by atoms with Crippen LogP contribution in [0.1, 0.15) is 19.4 Å². The topological polar surface area (TPSA) is 63.1 Å². The monoisotopic (exact) mass is 382 g/mol. The molecule has 2 N–H and O–H groups in total. The summed E-state index contributed by atoms with van der Waals surface area (Å²) in [6.07, 6.45) is 0.873. The van der Waals surface area contributed by atoms with E-state index in [0.29, 0.717) is 18.0 Å². The molecule has 2 atom stereocenters. The molecule has 0 aliphatic carbocycles. The summed E-state index contributed by atoms with van der Waals surface area (Å²) < 4.78 is 5.27. The molecule has 0 spiro atoms. The SMILES string of the molecule is CC[NH+](CC(=O)Nc1ccccc1OC)CC(=O)N1c2ccccc2C[C@@H]1C. The van der Waals surface area contributed by atoms with Gasteiger partial charge in [0.2, 0.25) is 0 Å². The zero-order valence-corrected chi connectivity index (χ0v) is 16.7. The molecule has 2 aromatic rings. The Morgan fingerprint density at radius 1 is 1.14 bits per heavy atom. The van der Waals surface area contributed by atoms with Crippen molar-refractivity contribution >= 4 is 23.2 Å². The normalized spacial score (nSPS) is 16.4. The van der Waals surface area contributed by atoms with Gasteiger partial charge in [0.1, 0.15) is 5.75 Å². The first-order chi connectivity index (χ1) is 13.5. The van der Waals surface area contributed by atoms with Gasteiger partial charge >= 0.3 is 0 Å². The minimum Gasteiger partial charge on any atom is -0.495 e. The number of carbonyl (C=O) groups is 2. The molecule has 28 heavy (non-hydrogen) atoms. The molecule has 2 amide bonds. The van der Waals surface area contributed by atoms with Crippen molar-refractivity contribution in [2.75, 3.05) is 37.0 Å². The molecule has 0 saturated heterocycles. The number of amides is 2. The number of rotatable bonds is 7. The number of hydrogen-bond acceptors (Lipinski definition) is 3. The molecule has 148 valence electrons. The van der Waals surface area contributed by atoms with Crippen LogP contribution >= 0.6 is 0 Å². The highest BCUT2D eigenvalue weighted by molar-refractivity contribution is 5.97.